The Morgan fingerprint density at radius 3 is 2.46 bits per heavy atom. The molecular formula is C11H15N2-. The van der Waals surface area contributed by atoms with Crippen molar-refractivity contribution in [1.29, 1.82) is 0 Å². The van der Waals surface area contributed by atoms with Crippen molar-refractivity contribution in [3.05, 3.63) is 37.1 Å². The molecule has 1 aromatic heterocycles. The third kappa shape index (κ3) is 2.07. The smallest absolute Gasteiger partial charge is 0.0270 e. The fourth-order valence-corrected chi connectivity index (χ4v) is 1.90. The Labute approximate surface area is 79.6 Å². The molecule has 0 bridgehead atoms. The maximum absolute atomic E-state index is 4.03. The molecular weight excluding hydrogens is 160 g/mol. The first-order chi connectivity index (χ1) is 6.36. The fourth-order valence-electron chi connectivity index (χ4n) is 1.90. The molecule has 1 saturated heterocycles. The van der Waals surface area contributed by atoms with Gasteiger partial charge in [-0.1, -0.05) is 0 Å². The minimum atomic E-state index is 0.723. The summed E-state index contributed by atoms with van der Waals surface area (Å²) in [5.74, 6) is 0.723. The van der Waals surface area contributed by atoms with Crippen LogP contribution in [0.1, 0.15) is 24.3 Å². The number of hydrogen-bond acceptors (Lipinski definition) is 2. The summed E-state index contributed by atoms with van der Waals surface area (Å²) in [5, 5.41) is 0. The van der Waals surface area contributed by atoms with Gasteiger partial charge in [-0.15, -0.1) is 0 Å². The van der Waals surface area contributed by atoms with Crippen LogP contribution in [0.5, 0.6) is 0 Å². The van der Waals surface area contributed by atoms with Gasteiger partial charge in [0.05, 0.1) is 0 Å². The molecule has 1 fully saturated rings. The van der Waals surface area contributed by atoms with Gasteiger partial charge in [0.2, 0.25) is 0 Å². The summed E-state index contributed by atoms with van der Waals surface area (Å²) in [6, 6.07) is 4.26. The minimum absolute atomic E-state index is 0.723. The number of likely N-dealkylation sites (tertiary alicyclic amines) is 1. The Balaban J connectivity index is 2.03. The second-order valence-corrected chi connectivity index (χ2v) is 3.67. The fraction of sp³-hybridized carbons (Fsp3) is 0.455. The van der Waals surface area contributed by atoms with Crippen molar-refractivity contribution >= 4 is 0 Å². The Morgan fingerprint density at radius 2 is 1.85 bits per heavy atom. The van der Waals surface area contributed by atoms with E-state index in [0.29, 0.717) is 0 Å². The van der Waals surface area contributed by atoms with E-state index in [-0.39, 0.29) is 0 Å². The highest BCUT2D eigenvalue weighted by Crippen LogP contribution is 2.26. The molecule has 0 radical (unpaired) electrons. The average Bonchev–Trinajstić information content (AvgIpc) is 2.20. The van der Waals surface area contributed by atoms with Gasteiger partial charge in [0.15, 0.2) is 0 Å². The van der Waals surface area contributed by atoms with E-state index in [9.17, 15) is 0 Å². The molecule has 2 rings (SSSR count). The van der Waals surface area contributed by atoms with Crippen molar-refractivity contribution < 1.29 is 0 Å². The van der Waals surface area contributed by atoms with Crippen LogP contribution >= 0.6 is 0 Å². The maximum Gasteiger partial charge on any atom is 0.0270 e. The second-order valence-electron chi connectivity index (χ2n) is 3.67. The lowest BCUT2D eigenvalue weighted by atomic mass is 9.90. The summed E-state index contributed by atoms with van der Waals surface area (Å²) in [6.45, 7) is 2.24. The number of hydrogen-bond donors (Lipinski definition) is 0. The van der Waals surface area contributed by atoms with Crippen LogP contribution in [0.25, 0.3) is 0 Å². The van der Waals surface area contributed by atoms with Crippen molar-refractivity contribution in [3.8, 4) is 0 Å². The van der Waals surface area contributed by atoms with Gasteiger partial charge >= 0.3 is 0 Å². The zero-order valence-electron chi connectivity index (χ0n) is 7.82. The molecule has 1 aliphatic heterocycles. The van der Waals surface area contributed by atoms with Crippen LogP contribution in [-0.4, -0.2) is 23.0 Å². The molecule has 0 atom stereocenters. The Kier molecular flexibility index (Phi) is 2.60. The van der Waals surface area contributed by atoms with Crippen LogP contribution in [0.3, 0.4) is 0 Å². The Bertz CT molecular complexity index is 250. The molecule has 70 valence electrons. The van der Waals surface area contributed by atoms with Gasteiger partial charge in [0.1, 0.15) is 0 Å². The van der Waals surface area contributed by atoms with Crippen LogP contribution in [0.4, 0.5) is 0 Å². The minimum Gasteiger partial charge on any atom is -0.459 e. The van der Waals surface area contributed by atoms with E-state index in [1.807, 2.05) is 12.4 Å². The van der Waals surface area contributed by atoms with Gasteiger partial charge in [0.25, 0.3) is 0 Å². The number of piperidine rings is 1. The van der Waals surface area contributed by atoms with E-state index >= 15 is 0 Å². The summed E-state index contributed by atoms with van der Waals surface area (Å²) in [6.07, 6.45) is 6.22. The molecule has 0 unspecified atom stereocenters. The Morgan fingerprint density at radius 1 is 1.23 bits per heavy atom. The SMILES string of the molecule is [CH2-]N1CCC(c2ccncc2)CC1. The zero-order chi connectivity index (χ0) is 9.10. The summed E-state index contributed by atoms with van der Waals surface area (Å²) in [7, 11) is 3.95. The third-order valence-electron chi connectivity index (χ3n) is 2.77. The summed E-state index contributed by atoms with van der Waals surface area (Å²) in [5.41, 5.74) is 1.43. The Hall–Kier alpha value is -0.890. The topological polar surface area (TPSA) is 16.1 Å². The maximum atomic E-state index is 4.03. The van der Waals surface area contributed by atoms with E-state index in [4.69, 9.17) is 0 Å². The highest BCUT2D eigenvalue weighted by atomic mass is 15.1. The standard InChI is InChI=1S/C11H15N2/c1-13-8-4-11(5-9-13)10-2-6-12-7-3-10/h2-3,6-7,11H,1,4-5,8-9H2/q-1. The largest absolute Gasteiger partial charge is 0.459 e. The predicted octanol–water partition coefficient (Wildman–Crippen LogP) is 2.05. The van der Waals surface area contributed by atoms with Crippen LogP contribution < -0.4 is 0 Å². The second kappa shape index (κ2) is 3.88. The molecule has 0 amide bonds. The van der Waals surface area contributed by atoms with Gasteiger partial charge in [-0.2, -0.15) is 0 Å². The van der Waals surface area contributed by atoms with E-state index < -0.39 is 0 Å². The lowest BCUT2D eigenvalue weighted by Crippen LogP contribution is -2.27. The van der Waals surface area contributed by atoms with Crippen LogP contribution in [0, 0.1) is 7.05 Å². The molecule has 0 N–H and O–H groups in total. The van der Waals surface area contributed by atoms with E-state index in [1.165, 1.54) is 18.4 Å². The molecule has 1 aromatic rings. The van der Waals surface area contributed by atoms with Gasteiger partial charge in [-0.05, 0) is 49.5 Å². The predicted molar refractivity (Wildman–Crippen MR) is 53.1 cm³/mol. The highest BCUT2D eigenvalue weighted by molar-refractivity contribution is 5.16. The average molecular weight is 175 g/mol. The molecule has 1 aliphatic rings. The molecule has 2 heterocycles. The lowest BCUT2D eigenvalue weighted by molar-refractivity contribution is 0.280. The summed E-state index contributed by atoms with van der Waals surface area (Å²) >= 11 is 0. The van der Waals surface area contributed by atoms with Gasteiger partial charge in [0, 0.05) is 12.4 Å². The monoisotopic (exact) mass is 175 g/mol. The quantitative estimate of drug-likeness (QED) is 0.607. The molecule has 0 spiro atoms. The number of rotatable bonds is 1. The molecule has 13 heavy (non-hydrogen) atoms. The van der Waals surface area contributed by atoms with Gasteiger partial charge in [-0.25, -0.2) is 0 Å². The van der Waals surface area contributed by atoms with Crippen molar-refractivity contribution in [2.45, 2.75) is 18.8 Å². The first-order valence-corrected chi connectivity index (χ1v) is 4.81. The van der Waals surface area contributed by atoms with Crippen LogP contribution in [-0.2, 0) is 0 Å². The number of nitrogens with zero attached hydrogens (tertiary/aromatic N) is 2. The lowest BCUT2D eigenvalue weighted by Gasteiger charge is -2.34. The van der Waals surface area contributed by atoms with E-state index in [2.05, 4.69) is 29.1 Å². The zero-order valence-corrected chi connectivity index (χ0v) is 7.82. The van der Waals surface area contributed by atoms with Crippen molar-refractivity contribution in [2.24, 2.45) is 0 Å². The first kappa shape index (κ1) is 8.70. The van der Waals surface area contributed by atoms with Gasteiger partial charge in [-0.3, -0.25) is 12.0 Å². The first-order valence-electron chi connectivity index (χ1n) is 4.81. The molecule has 2 nitrogen and oxygen atoms in total. The van der Waals surface area contributed by atoms with Crippen LogP contribution in [0.15, 0.2) is 24.5 Å². The molecule has 0 saturated carbocycles. The molecule has 0 aromatic carbocycles. The van der Waals surface area contributed by atoms with Crippen LogP contribution in [0.2, 0.25) is 0 Å². The van der Waals surface area contributed by atoms with E-state index in [0.717, 1.165) is 19.0 Å². The number of pyridine rings is 1. The van der Waals surface area contributed by atoms with Crippen molar-refractivity contribution in [2.75, 3.05) is 13.1 Å². The molecule has 2 heteroatoms. The highest BCUT2D eigenvalue weighted by Gasteiger charge is 2.15. The normalized spacial score (nSPS) is 20.4. The van der Waals surface area contributed by atoms with Gasteiger partial charge < -0.3 is 4.90 Å². The third-order valence-corrected chi connectivity index (χ3v) is 2.77. The summed E-state index contributed by atoms with van der Waals surface area (Å²) in [4.78, 5) is 6.18. The van der Waals surface area contributed by atoms with Crippen molar-refractivity contribution in [3.63, 3.8) is 0 Å². The van der Waals surface area contributed by atoms with Crippen molar-refractivity contribution in [1.82, 2.24) is 9.88 Å². The summed E-state index contributed by atoms with van der Waals surface area (Å²) < 4.78 is 0. The van der Waals surface area contributed by atoms with E-state index in [1.54, 1.807) is 0 Å². The number of aromatic nitrogens is 1. The molecule has 0 aliphatic carbocycles.